The number of hydrogen-bond acceptors (Lipinski definition) is 6. The maximum absolute atomic E-state index is 13.7. The maximum Gasteiger partial charge on any atom is 0.227 e. The molecule has 0 radical (unpaired) electrons. The summed E-state index contributed by atoms with van der Waals surface area (Å²) in [6, 6.07) is 14.7. The first-order chi connectivity index (χ1) is 18.1. The van der Waals surface area contributed by atoms with E-state index in [2.05, 4.69) is 25.5 Å². The van der Waals surface area contributed by atoms with Crippen molar-refractivity contribution >= 4 is 45.0 Å². The molecule has 3 N–H and O–H groups in total. The molecular weight excluding hydrogens is 489 g/mol. The fourth-order valence-corrected chi connectivity index (χ4v) is 5.35. The number of halogens is 1. The van der Waals surface area contributed by atoms with Crippen LogP contribution in [0.4, 0.5) is 10.1 Å². The molecular formula is C27H20FN7OS. The Bertz CT molecular complexity index is 1800. The summed E-state index contributed by atoms with van der Waals surface area (Å²) in [5, 5.41) is 10.2. The third-order valence-corrected chi connectivity index (χ3v) is 7.67. The van der Waals surface area contributed by atoms with Crippen molar-refractivity contribution in [3.63, 3.8) is 0 Å². The Morgan fingerprint density at radius 2 is 1.95 bits per heavy atom. The molecule has 0 atom stereocenters. The van der Waals surface area contributed by atoms with Gasteiger partial charge in [-0.2, -0.15) is 9.49 Å². The van der Waals surface area contributed by atoms with Crippen LogP contribution in [0.15, 0.2) is 60.9 Å². The number of aromatic nitrogens is 6. The van der Waals surface area contributed by atoms with E-state index in [9.17, 15) is 9.18 Å². The zero-order valence-corrected chi connectivity index (χ0v) is 20.3. The number of para-hydroxylation sites is 1. The van der Waals surface area contributed by atoms with Gasteiger partial charge in [0.05, 0.1) is 34.1 Å². The number of benzene rings is 1. The average Bonchev–Trinajstić information content (AvgIpc) is 3.60. The standard InChI is InChI=1S/C27H20FN7OS/c28-22-10-9-21(37-22)17-5-2-6-19-23(17)33-26(32-19)25-24-20(34-35-25)8-7-18(31-24)15-11-16(13-29-12-15)30-27(36)14-3-1-4-14/h2,5-14H,1,3-4H2,(H,30,36)(H,32,33)(H,34,35). The number of pyridine rings is 2. The lowest BCUT2D eigenvalue weighted by Crippen LogP contribution is -2.28. The Kier molecular flexibility index (Phi) is 5.07. The quantitative estimate of drug-likeness (QED) is 0.257. The van der Waals surface area contributed by atoms with Gasteiger partial charge in [-0.25, -0.2) is 9.97 Å². The minimum atomic E-state index is -0.237. The monoisotopic (exact) mass is 509 g/mol. The highest BCUT2D eigenvalue weighted by Crippen LogP contribution is 2.35. The van der Waals surface area contributed by atoms with E-state index in [1.807, 2.05) is 36.4 Å². The molecule has 0 aliphatic heterocycles. The van der Waals surface area contributed by atoms with E-state index in [4.69, 9.17) is 9.97 Å². The fraction of sp³-hybridized carbons (Fsp3) is 0.148. The minimum Gasteiger partial charge on any atom is -0.336 e. The zero-order chi connectivity index (χ0) is 24.9. The van der Waals surface area contributed by atoms with Crippen LogP contribution in [0, 0.1) is 11.0 Å². The smallest absolute Gasteiger partial charge is 0.227 e. The van der Waals surface area contributed by atoms with Crippen molar-refractivity contribution in [1.29, 1.82) is 0 Å². The van der Waals surface area contributed by atoms with Gasteiger partial charge in [0.25, 0.3) is 0 Å². The summed E-state index contributed by atoms with van der Waals surface area (Å²) in [5.41, 5.74) is 6.57. The summed E-state index contributed by atoms with van der Waals surface area (Å²) in [5.74, 6) is 0.699. The lowest BCUT2D eigenvalue weighted by molar-refractivity contribution is -0.122. The van der Waals surface area contributed by atoms with E-state index >= 15 is 0 Å². The van der Waals surface area contributed by atoms with Gasteiger partial charge in [0.1, 0.15) is 5.52 Å². The number of hydrogen-bond donors (Lipinski definition) is 3. The van der Waals surface area contributed by atoms with Gasteiger partial charge < -0.3 is 10.3 Å². The zero-order valence-electron chi connectivity index (χ0n) is 19.5. The van der Waals surface area contributed by atoms with E-state index in [0.29, 0.717) is 28.4 Å². The van der Waals surface area contributed by atoms with Crippen molar-refractivity contribution in [2.45, 2.75) is 19.3 Å². The van der Waals surface area contributed by atoms with Crippen LogP contribution in [0.25, 0.3) is 55.3 Å². The fourth-order valence-electron chi connectivity index (χ4n) is 4.59. The lowest BCUT2D eigenvalue weighted by Gasteiger charge is -2.24. The number of rotatable bonds is 5. The molecule has 7 rings (SSSR count). The molecule has 1 aliphatic carbocycles. The predicted octanol–water partition coefficient (Wildman–Crippen LogP) is 6.17. The van der Waals surface area contributed by atoms with Crippen molar-refractivity contribution in [3.8, 4) is 33.2 Å². The van der Waals surface area contributed by atoms with Crippen molar-refractivity contribution in [1.82, 2.24) is 30.1 Å². The number of imidazole rings is 1. The highest BCUT2D eigenvalue weighted by molar-refractivity contribution is 7.14. The highest BCUT2D eigenvalue weighted by Gasteiger charge is 2.25. The van der Waals surface area contributed by atoms with Crippen molar-refractivity contribution in [2.75, 3.05) is 5.32 Å². The van der Waals surface area contributed by atoms with Gasteiger partial charge in [-0.15, -0.1) is 11.3 Å². The Hall–Kier alpha value is -4.44. The average molecular weight is 510 g/mol. The van der Waals surface area contributed by atoms with Gasteiger partial charge in [-0.1, -0.05) is 18.6 Å². The van der Waals surface area contributed by atoms with Crippen LogP contribution in [-0.2, 0) is 4.79 Å². The molecule has 182 valence electrons. The number of nitrogens with zero attached hydrogens (tertiary/aromatic N) is 4. The van der Waals surface area contributed by atoms with Gasteiger partial charge in [0, 0.05) is 28.1 Å². The first kappa shape index (κ1) is 21.8. The van der Waals surface area contributed by atoms with Gasteiger partial charge in [-0.05, 0) is 49.2 Å². The third kappa shape index (κ3) is 3.86. The van der Waals surface area contributed by atoms with E-state index in [0.717, 1.165) is 63.2 Å². The number of aromatic amines is 2. The molecule has 8 nitrogen and oxygen atoms in total. The molecule has 1 aliphatic rings. The van der Waals surface area contributed by atoms with Crippen LogP contribution in [0.3, 0.4) is 0 Å². The van der Waals surface area contributed by atoms with Gasteiger partial charge >= 0.3 is 0 Å². The van der Waals surface area contributed by atoms with E-state index < -0.39 is 0 Å². The molecule has 0 spiro atoms. The summed E-state index contributed by atoms with van der Waals surface area (Å²) < 4.78 is 13.7. The van der Waals surface area contributed by atoms with Crippen LogP contribution in [0.5, 0.6) is 0 Å². The predicted molar refractivity (Wildman–Crippen MR) is 141 cm³/mol. The number of H-pyrrole nitrogens is 2. The lowest BCUT2D eigenvalue weighted by atomic mass is 9.85. The van der Waals surface area contributed by atoms with Crippen molar-refractivity contribution in [3.05, 3.63) is 66.1 Å². The number of carbonyl (C=O) groups is 1. The molecule has 5 aromatic heterocycles. The molecule has 1 aromatic carbocycles. The molecule has 10 heteroatoms. The van der Waals surface area contributed by atoms with E-state index in [1.165, 1.54) is 6.07 Å². The van der Waals surface area contributed by atoms with E-state index in [1.54, 1.807) is 18.5 Å². The molecule has 1 amide bonds. The van der Waals surface area contributed by atoms with Crippen LogP contribution in [-0.4, -0.2) is 36.0 Å². The number of fused-ring (bicyclic) bond motifs is 2. The Balaban J connectivity index is 1.26. The second-order valence-corrected chi connectivity index (χ2v) is 10.2. The van der Waals surface area contributed by atoms with Gasteiger partial charge in [-0.3, -0.25) is 14.9 Å². The molecule has 1 fully saturated rings. The first-order valence-corrected chi connectivity index (χ1v) is 12.8. The van der Waals surface area contributed by atoms with Crippen LogP contribution < -0.4 is 5.32 Å². The van der Waals surface area contributed by atoms with Crippen LogP contribution >= 0.6 is 11.3 Å². The number of nitrogens with one attached hydrogen (secondary N) is 3. The molecule has 0 saturated heterocycles. The summed E-state index contributed by atoms with van der Waals surface area (Å²) >= 11 is 1.09. The minimum absolute atomic E-state index is 0.0419. The molecule has 0 bridgehead atoms. The SMILES string of the molecule is O=C(Nc1cncc(-c2ccc3[nH]nc(-c4nc5c(-c6ccc(F)s6)cccc5[nH]4)c3n2)c1)C1CCC1. The summed E-state index contributed by atoms with van der Waals surface area (Å²) in [4.78, 5) is 30.5. The Morgan fingerprint density at radius 1 is 1.03 bits per heavy atom. The molecule has 1 saturated carbocycles. The first-order valence-electron chi connectivity index (χ1n) is 12.0. The topological polar surface area (TPSA) is 112 Å². The van der Waals surface area contributed by atoms with Gasteiger partial charge in [0.15, 0.2) is 16.6 Å². The van der Waals surface area contributed by atoms with Crippen molar-refractivity contribution < 1.29 is 9.18 Å². The molecule has 0 unspecified atom stereocenters. The number of thiophene rings is 1. The summed E-state index contributed by atoms with van der Waals surface area (Å²) in [6.07, 6.45) is 6.35. The number of amides is 1. The van der Waals surface area contributed by atoms with Crippen LogP contribution in [0.2, 0.25) is 0 Å². The molecule has 6 aromatic rings. The van der Waals surface area contributed by atoms with Crippen LogP contribution in [0.1, 0.15) is 19.3 Å². The Labute approximate surface area is 214 Å². The van der Waals surface area contributed by atoms with E-state index in [-0.39, 0.29) is 17.0 Å². The maximum atomic E-state index is 13.7. The normalized spacial score (nSPS) is 13.8. The largest absolute Gasteiger partial charge is 0.336 e. The second kappa shape index (κ2) is 8.59. The highest BCUT2D eigenvalue weighted by atomic mass is 32.1. The summed E-state index contributed by atoms with van der Waals surface area (Å²) in [6.45, 7) is 0. The van der Waals surface area contributed by atoms with Gasteiger partial charge in [0.2, 0.25) is 5.91 Å². The molecule has 5 heterocycles. The summed E-state index contributed by atoms with van der Waals surface area (Å²) in [7, 11) is 0. The van der Waals surface area contributed by atoms with Crippen molar-refractivity contribution in [2.24, 2.45) is 5.92 Å². The second-order valence-electron chi connectivity index (χ2n) is 9.14. The Morgan fingerprint density at radius 3 is 2.76 bits per heavy atom. The molecule has 37 heavy (non-hydrogen) atoms. The number of anilines is 1. The third-order valence-electron chi connectivity index (χ3n) is 6.76. The number of carbonyl (C=O) groups excluding carboxylic acids is 1.